The number of nitrogens with zero attached hydrogens (tertiary/aromatic N) is 1. The molecule has 1 saturated heterocycles. The van der Waals surface area contributed by atoms with Gasteiger partial charge in [0, 0.05) is 12.6 Å². The van der Waals surface area contributed by atoms with Crippen LogP contribution in [0, 0.1) is 17.8 Å². The molecule has 1 saturated carbocycles. The smallest absolute Gasteiger partial charge is 0.309 e. The molecule has 1 heterocycles. The van der Waals surface area contributed by atoms with Crippen molar-refractivity contribution in [3.8, 4) is 0 Å². The summed E-state index contributed by atoms with van der Waals surface area (Å²) in [5.41, 5.74) is 0. The summed E-state index contributed by atoms with van der Waals surface area (Å²) in [7, 11) is 0. The van der Waals surface area contributed by atoms with Crippen LogP contribution in [0.15, 0.2) is 0 Å². The zero-order valence-electron chi connectivity index (χ0n) is 14.6. The van der Waals surface area contributed by atoms with E-state index in [0.29, 0.717) is 18.6 Å². The molecule has 22 heavy (non-hydrogen) atoms. The summed E-state index contributed by atoms with van der Waals surface area (Å²) < 4.78 is 5.63. The zero-order chi connectivity index (χ0) is 15.2. The fourth-order valence-corrected chi connectivity index (χ4v) is 4.08. The fourth-order valence-electron chi connectivity index (χ4n) is 4.08. The molecule has 1 aliphatic carbocycles. The molecule has 0 spiro atoms. The van der Waals surface area contributed by atoms with Crippen molar-refractivity contribution in [1.82, 2.24) is 4.90 Å². The first-order valence-electron chi connectivity index (χ1n) is 9.04. The van der Waals surface area contributed by atoms with Gasteiger partial charge in [-0.25, -0.2) is 0 Å². The number of ether oxygens (including phenoxy) is 1. The molecular formula is C18H34ClNO2. The van der Waals surface area contributed by atoms with E-state index in [9.17, 15) is 4.79 Å². The molecule has 1 aliphatic heterocycles. The van der Waals surface area contributed by atoms with Gasteiger partial charge in [0.15, 0.2) is 0 Å². The van der Waals surface area contributed by atoms with E-state index in [1.54, 1.807) is 0 Å². The molecule has 4 heteroatoms. The maximum absolute atomic E-state index is 12.4. The van der Waals surface area contributed by atoms with Crippen molar-refractivity contribution in [2.75, 3.05) is 19.7 Å². The average Bonchev–Trinajstić information content (AvgIpc) is 3.10. The third-order valence-electron chi connectivity index (χ3n) is 5.77. The molecule has 3 unspecified atom stereocenters. The minimum Gasteiger partial charge on any atom is -0.464 e. The highest BCUT2D eigenvalue weighted by Crippen LogP contribution is 2.34. The van der Waals surface area contributed by atoms with Crippen molar-refractivity contribution in [1.29, 1.82) is 0 Å². The second-order valence-corrected chi connectivity index (χ2v) is 7.15. The lowest BCUT2D eigenvalue weighted by atomic mass is 9.87. The van der Waals surface area contributed by atoms with Gasteiger partial charge in [0.2, 0.25) is 0 Å². The number of hydrogen-bond donors (Lipinski definition) is 0. The van der Waals surface area contributed by atoms with Crippen LogP contribution in [0.25, 0.3) is 0 Å². The van der Waals surface area contributed by atoms with Crippen LogP contribution in [0.3, 0.4) is 0 Å². The number of hydrogen-bond acceptors (Lipinski definition) is 3. The van der Waals surface area contributed by atoms with Gasteiger partial charge >= 0.3 is 5.97 Å². The monoisotopic (exact) mass is 331 g/mol. The van der Waals surface area contributed by atoms with Gasteiger partial charge in [-0.3, -0.25) is 9.69 Å². The van der Waals surface area contributed by atoms with E-state index in [0.717, 1.165) is 31.8 Å². The van der Waals surface area contributed by atoms with E-state index >= 15 is 0 Å². The molecular weight excluding hydrogens is 298 g/mol. The second-order valence-electron chi connectivity index (χ2n) is 7.15. The van der Waals surface area contributed by atoms with Crippen LogP contribution in [-0.4, -0.2) is 36.6 Å². The predicted octanol–water partition coefficient (Wildman–Crippen LogP) is 4.29. The van der Waals surface area contributed by atoms with Crippen LogP contribution < -0.4 is 0 Å². The minimum absolute atomic E-state index is 0. The van der Waals surface area contributed by atoms with Crippen LogP contribution in [0.2, 0.25) is 0 Å². The fraction of sp³-hybridized carbons (Fsp3) is 0.944. The molecule has 130 valence electrons. The Kier molecular flexibility index (Phi) is 8.78. The number of carbonyl (C=O) groups is 1. The van der Waals surface area contributed by atoms with Crippen LogP contribution in [0.4, 0.5) is 0 Å². The number of halogens is 1. The van der Waals surface area contributed by atoms with Gasteiger partial charge in [-0.2, -0.15) is 0 Å². The SMILES string of the molecule is CCCC(C(=O)OCCN1CCC(C)C1C)C1CCCC1.Cl. The van der Waals surface area contributed by atoms with E-state index in [-0.39, 0.29) is 24.3 Å². The third-order valence-corrected chi connectivity index (χ3v) is 5.77. The normalized spacial score (nSPS) is 27.6. The molecule has 0 aromatic carbocycles. The largest absolute Gasteiger partial charge is 0.464 e. The van der Waals surface area contributed by atoms with Crippen LogP contribution >= 0.6 is 12.4 Å². The van der Waals surface area contributed by atoms with Gasteiger partial charge in [0.05, 0.1) is 5.92 Å². The first-order valence-corrected chi connectivity index (χ1v) is 9.04. The predicted molar refractivity (Wildman–Crippen MR) is 93.4 cm³/mol. The topological polar surface area (TPSA) is 29.5 Å². The third kappa shape index (κ3) is 5.13. The first-order chi connectivity index (χ1) is 10.1. The Morgan fingerprint density at radius 3 is 2.45 bits per heavy atom. The lowest BCUT2D eigenvalue weighted by Gasteiger charge is -2.24. The van der Waals surface area contributed by atoms with Gasteiger partial charge in [0.1, 0.15) is 6.61 Å². The maximum atomic E-state index is 12.4. The molecule has 2 rings (SSSR count). The number of carbonyl (C=O) groups excluding carboxylic acids is 1. The molecule has 0 bridgehead atoms. The highest BCUT2D eigenvalue weighted by atomic mass is 35.5. The Balaban J connectivity index is 0.00000242. The number of rotatable bonds is 7. The summed E-state index contributed by atoms with van der Waals surface area (Å²) in [6.07, 6.45) is 8.39. The molecule has 3 atom stereocenters. The Labute approximate surface area is 142 Å². The summed E-state index contributed by atoms with van der Waals surface area (Å²) in [5, 5.41) is 0. The summed E-state index contributed by atoms with van der Waals surface area (Å²) in [4.78, 5) is 14.9. The number of likely N-dealkylation sites (tertiary alicyclic amines) is 1. The van der Waals surface area contributed by atoms with Gasteiger partial charge in [0.25, 0.3) is 0 Å². The summed E-state index contributed by atoms with van der Waals surface area (Å²) in [6, 6.07) is 0.630. The van der Waals surface area contributed by atoms with Crippen molar-refractivity contribution >= 4 is 18.4 Å². The molecule has 0 aromatic rings. The van der Waals surface area contributed by atoms with Gasteiger partial charge in [-0.1, -0.05) is 33.1 Å². The highest BCUT2D eigenvalue weighted by Gasteiger charge is 2.31. The molecule has 3 nitrogen and oxygen atoms in total. The second kappa shape index (κ2) is 9.77. The van der Waals surface area contributed by atoms with E-state index in [4.69, 9.17) is 4.74 Å². The summed E-state index contributed by atoms with van der Waals surface area (Å²) >= 11 is 0. The zero-order valence-corrected chi connectivity index (χ0v) is 15.4. The Hall–Kier alpha value is -0.280. The van der Waals surface area contributed by atoms with E-state index in [1.165, 1.54) is 32.1 Å². The first kappa shape index (κ1) is 19.8. The lowest BCUT2D eigenvalue weighted by molar-refractivity contribution is -0.151. The quantitative estimate of drug-likeness (QED) is 0.652. The van der Waals surface area contributed by atoms with Gasteiger partial charge in [-0.05, 0) is 51.0 Å². The van der Waals surface area contributed by atoms with Crippen molar-refractivity contribution in [3.63, 3.8) is 0 Å². The molecule has 2 aliphatic rings. The molecule has 0 radical (unpaired) electrons. The average molecular weight is 332 g/mol. The molecule has 0 amide bonds. The van der Waals surface area contributed by atoms with Crippen LogP contribution in [-0.2, 0) is 9.53 Å². The van der Waals surface area contributed by atoms with Crippen molar-refractivity contribution in [2.45, 2.75) is 71.8 Å². The van der Waals surface area contributed by atoms with E-state index < -0.39 is 0 Å². The standard InChI is InChI=1S/C18H33NO2.ClH/c1-4-7-17(16-8-5-6-9-16)18(20)21-13-12-19-11-10-14(2)15(19)3;/h14-17H,4-13H2,1-3H3;1H. The van der Waals surface area contributed by atoms with Crippen LogP contribution in [0.1, 0.15) is 65.7 Å². The molecule has 0 N–H and O–H groups in total. The minimum atomic E-state index is 0. The van der Waals surface area contributed by atoms with Crippen molar-refractivity contribution in [3.05, 3.63) is 0 Å². The lowest BCUT2D eigenvalue weighted by Crippen LogP contribution is -2.34. The van der Waals surface area contributed by atoms with Gasteiger partial charge in [-0.15, -0.1) is 12.4 Å². The van der Waals surface area contributed by atoms with Gasteiger partial charge < -0.3 is 4.74 Å². The summed E-state index contributed by atoms with van der Waals surface area (Å²) in [6.45, 7) is 9.40. The Bertz CT molecular complexity index is 331. The Morgan fingerprint density at radius 1 is 1.23 bits per heavy atom. The van der Waals surface area contributed by atoms with Crippen LogP contribution in [0.5, 0.6) is 0 Å². The van der Waals surface area contributed by atoms with E-state index in [2.05, 4.69) is 25.7 Å². The van der Waals surface area contributed by atoms with E-state index in [1.807, 2.05) is 0 Å². The molecule has 2 fully saturated rings. The Morgan fingerprint density at radius 2 is 1.91 bits per heavy atom. The molecule has 0 aromatic heterocycles. The summed E-state index contributed by atoms with van der Waals surface area (Å²) in [5.74, 6) is 1.59. The maximum Gasteiger partial charge on any atom is 0.309 e. The number of esters is 1. The van der Waals surface area contributed by atoms with Crippen molar-refractivity contribution < 1.29 is 9.53 Å². The highest BCUT2D eigenvalue weighted by molar-refractivity contribution is 5.85. The van der Waals surface area contributed by atoms with Crippen molar-refractivity contribution in [2.24, 2.45) is 17.8 Å².